The molecule has 0 aliphatic carbocycles. The molecular formula is C17H23N3O2. The summed E-state index contributed by atoms with van der Waals surface area (Å²) in [6, 6.07) is 5.92. The molecule has 2 aromatic rings. The number of nitrogens with one attached hydrogen (secondary N) is 1. The van der Waals surface area contributed by atoms with Crippen molar-refractivity contribution in [2.45, 2.75) is 32.9 Å². The fourth-order valence-electron chi connectivity index (χ4n) is 3.34. The summed E-state index contributed by atoms with van der Waals surface area (Å²) >= 11 is 0. The number of phenolic OH excluding ortho intramolecular Hbond substituents is 1. The number of nitrogens with zero attached hydrogens (tertiary/aromatic N) is 2. The van der Waals surface area contributed by atoms with Crippen molar-refractivity contribution in [2.24, 2.45) is 5.92 Å². The maximum atomic E-state index is 9.96. The molecule has 0 spiro atoms. The van der Waals surface area contributed by atoms with Gasteiger partial charge in [0.1, 0.15) is 0 Å². The van der Waals surface area contributed by atoms with Crippen molar-refractivity contribution in [3.05, 3.63) is 41.5 Å². The number of aromatic hydroxyl groups is 1. The number of fused-ring (bicyclic) bond motifs is 1. The number of hydrogen-bond acceptors (Lipinski definition) is 4. The van der Waals surface area contributed by atoms with Crippen LogP contribution in [-0.2, 0) is 13.0 Å². The van der Waals surface area contributed by atoms with Gasteiger partial charge in [-0.05, 0) is 23.6 Å². The number of H-pyrrole nitrogens is 1. The molecule has 0 radical (unpaired) electrons. The Morgan fingerprint density at radius 3 is 2.95 bits per heavy atom. The molecule has 0 saturated heterocycles. The van der Waals surface area contributed by atoms with Crippen LogP contribution >= 0.6 is 0 Å². The minimum atomic E-state index is 0.193. The normalized spacial score (nSPS) is 18.5. The SMILES string of the molecule is COc1ccc(CN2CCc3[nH]cnc3C2C(C)C)cc1O. The third-order valence-electron chi connectivity index (χ3n) is 4.33. The number of aromatic nitrogens is 2. The summed E-state index contributed by atoms with van der Waals surface area (Å²) in [5, 5.41) is 9.96. The van der Waals surface area contributed by atoms with Crippen LogP contribution < -0.4 is 4.74 Å². The van der Waals surface area contributed by atoms with Gasteiger partial charge in [0, 0.05) is 25.2 Å². The fourth-order valence-corrected chi connectivity index (χ4v) is 3.34. The lowest BCUT2D eigenvalue weighted by atomic mass is 9.92. The van der Waals surface area contributed by atoms with E-state index in [1.807, 2.05) is 12.1 Å². The van der Waals surface area contributed by atoms with E-state index in [1.165, 1.54) is 11.4 Å². The summed E-state index contributed by atoms with van der Waals surface area (Å²) in [4.78, 5) is 10.2. The molecule has 0 fully saturated rings. The molecule has 1 aliphatic rings. The number of imidazole rings is 1. The lowest BCUT2D eigenvalue weighted by molar-refractivity contribution is 0.131. The molecule has 2 N–H and O–H groups in total. The Hall–Kier alpha value is -2.01. The molecule has 118 valence electrons. The van der Waals surface area contributed by atoms with Gasteiger partial charge in [-0.1, -0.05) is 19.9 Å². The minimum Gasteiger partial charge on any atom is -0.504 e. The van der Waals surface area contributed by atoms with Crippen molar-refractivity contribution in [3.8, 4) is 11.5 Å². The maximum absolute atomic E-state index is 9.96. The maximum Gasteiger partial charge on any atom is 0.160 e. The summed E-state index contributed by atoms with van der Waals surface area (Å²) < 4.78 is 5.11. The molecule has 5 nitrogen and oxygen atoms in total. The molecule has 1 aliphatic heterocycles. The van der Waals surface area contributed by atoms with Gasteiger partial charge in [-0.3, -0.25) is 4.90 Å². The second-order valence-corrected chi connectivity index (χ2v) is 6.18. The predicted molar refractivity (Wildman–Crippen MR) is 84.9 cm³/mol. The predicted octanol–water partition coefficient (Wildman–Crippen LogP) is 2.88. The zero-order valence-electron chi connectivity index (χ0n) is 13.3. The summed E-state index contributed by atoms with van der Waals surface area (Å²) in [6.07, 6.45) is 2.78. The Labute approximate surface area is 130 Å². The van der Waals surface area contributed by atoms with E-state index in [1.54, 1.807) is 19.5 Å². The van der Waals surface area contributed by atoms with Gasteiger partial charge in [0.25, 0.3) is 0 Å². The highest BCUT2D eigenvalue weighted by atomic mass is 16.5. The highest BCUT2D eigenvalue weighted by Crippen LogP contribution is 2.35. The lowest BCUT2D eigenvalue weighted by Crippen LogP contribution is -2.37. The molecule has 0 bridgehead atoms. The van der Waals surface area contributed by atoms with Crippen LogP contribution in [0.4, 0.5) is 0 Å². The quantitative estimate of drug-likeness (QED) is 0.911. The van der Waals surface area contributed by atoms with E-state index in [0.717, 1.165) is 25.1 Å². The Kier molecular flexibility index (Phi) is 4.07. The zero-order chi connectivity index (χ0) is 15.7. The average molecular weight is 301 g/mol. The van der Waals surface area contributed by atoms with Gasteiger partial charge >= 0.3 is 0 Å². The molecule has 0 saturated carbocycles. The van der Waals surface area contributed by atoms with E-state index in [2.05, 4.69) is 28.7 Å². The topological polar surface area (TPSA) is 61.4 Å². The van der Waals surface area contributed by atoms with Crippen LogP contribution in [-0.4, -0.2) is 33.6 Å². The standard InChI is InChI=1S/C17H23N3O2/c1-11(2)17-16-13(18-10-19-16)6-7-20(17)9-12-4-5-15(22-3)14(21)8-12/h4-5,8,10-11,17,21H,6-7,9H2,1-3H3,(H,18,19). The number of methoxy groups -OCH3 is 1. The molecule has 1 aromatic heterocycles. The fraction of sp³-hybridized carbons (Fsp3) is 0.471. The van der Waals surface area contributed by atoms with Crippen LogP contribution in [0.5, 0.6) is 11.5 Å². The number of rotatable bonds is 4. The van der Waals surface area contributed by atoms with Crippen molar-refractivity contribution in [1.29, 1.82) is 0 Å². The van der Waals surface area contributed by atoms with Crippen molar-refractivity contribution in [3.63, 3.8) is 0 Å². The van der Waals surface area contributed by atoms with E-state index in [0.29, 0.717) is 17.7 Å². The van der Waals surface area contributed by atoms with E-state index in [4.69, 9.17) is 4.74 Å². The Morgan fingerprint density at radius 2 is 2.27 bits per heavy atom. The van der Waals surface area contributed by atoms with Crippen molar-refractivity contribution >= 4 is 0 Å². The summed E-state index contributed by atoms with van der Waals surface area (Å²) in [5.74, 6) is 1.19. The highest BCUT2D eigenvalue weighted by Gasteiger charge is 2.31. The number of aromatic amines is 1. The largest absolute Gasteiger partial charge is 0.504 e. The average Bonchev–Trinajstić information content (AvgIpc) is 2.95. The van der Waals surface area contributed by atoms with Gasteiger partial charge in [0.15, 0.2) is 11.5 Å². The molecule has 1 unspecified atom stereocenters. The smallest absolute Gasteiger partial charge is 0.160 e. The third-order valence-corrected chi connectivity index (χ3v) is 4.33. The van der Waals surface area contributed by atoms with Crippen molar-refractivity contribution < 1.29 is 9.84 Å². The van der Waals surface area contributed by atoms with Crippen LogP contribution in [0.2, 0.25) is 0 Å². The van der Waals surface area contributed by atoms with Crippen LogP contribution in [0.25, 0.3) is 0 Å². The van der Waals surface area contributed by atoms with Crippen LogP contribution in [0, 0.1) is 5.92 Å². The highest BCUT2D eigenvalue weighted by molar-refractivity contribution is 5.41. The lowest BCUT2D eigenvalue weighted by Gasteiger charge is -2.37. The zero-order valence-corrected chi connectivity index (χ0v) is 13.3. The van der Waals surface area contributed by atoms with Gasteiger partial charge in [0.05, 0.1) is 25.2 Å². The second-order valence-electron chi connectivity index (χ2n) is 6.18. The Balaban J connectivity index is 1.84. The molecule has 2 heterocycles. The molecule has 0 amide bonds. The first kappa shape index (κ1) is 14.9. The summed E-state index contributed by atoms with van der Waals surface area (Å²) in [7, 11) is 1.56. The minimum absolute atomic E-state index is 0.193. The van der Waals surface area contributed by atoms with E-state index >= 15 is 0 Å². The van der Waals surface area contributed by atoms with Gasteiger partial charge in [-0.2, -0.15) is 0 Å². The molecule has 5 heteroatoms. The molecule has 1 atom stereocenters. The van der Waals surface area contributed by atoms with Gasteiger partial charge in [-0.25, -0.2) is 4.98 Å². The monoisotopic (exact) mass is 301 g/mol. The van der Waals surface area contributed by atoms with Crippen molar-refractivity contribution in [1.82, 2.24) is 14.9 Å². The Morgan fingerprint density at radius 1 is 1.45 bits per heavy atom. The molecule has 22 heavy (non-hydrogen) atoms. The van der Waals surface area contributed by atoms with Crippen molar-refractivity contribution in [2.75, 3.05) is 13.7 Å². The number of hydrogen-bond donors (Lipinski definition) is 2. The van der Waals surface area contributed by atoms with Gasteiger partial charge in [0.2, 0.25) is 0 Å². The first-order valence-corrected chi connectivity index (χ1v) is 7.72. The van der Waals surface area contributed by atoms with E-state index < -0.39 is 0 Å². The first-order chi connectivity index (χ1) is 10.6. The third kappa shape index (κ3) is 2.68. The van der Waals surface area contributed by atoms with Gasteiger partial charge < -0.3 is 14.8 Å². The van der Waals surface area contributed by atoms with Gasteiger partial charge in [-0.15, -0.1) is 0 Å². The molecule has 1 aromatic carbocycles. The molecule has 3 rings (SSSR count). The summed E-state index contributed by atoms with van der Waals surface area (Å²) in [5.41, 5.74) is 3.51. The first-order valence-electron chi connectivity index (χ1n) is 7.72. The molecular weight excluding hydrogens is 278 g/mol. The van der Waals surface area contributed by atoms with Crippen LogP contribution in [0.3, 0.4) is 0 Å². The number of phenols is 1. The van der Waals surface area contributed by atoms with Crippen LogP contribution in [0.1, 0.15) is 36.8 Å². The Bertz CT molecular complexity index is 651. The van der Waals surface area contributed by atoms with Crippen LogP contribution in [0.15, 0.2) is 24.5 Å². The number of ether oxygens (including phenoxy) is 1. The van der Waals surface area contributed by atoms with E-state index in [9.17, 15) is 5.11 Å². The summed E-state index contributed by atoms with van der Waals surface area (Å²) in [6.45, 7) is 6.25. The number of benzene rings is 1. The second kappa shape index (κ2) is 6.01. The van der Waals surface area contributed by atoms with E-state index in [-0.39, 0.29) is 5.75 Å².